The van der Waals surface area contributed by atoms with Gasteiger partial charge < -0.3 is 10.2 Å². The summed E-state index contributed by atoms with van der Waals surface area (Å²) < 4.78 is 0. The number of nitrogens with zero attached hydrogens (tertiary/aromatic N) is 1. The predicted molar refractivity (Wildman–Crippen MR) is 92.3 cm³/mol. The average molecular weight is 285 g/mol. The summed E-state index contributed by atoms with van der Waals surface area (Å²) in [5, 5.41) is 3.67. The van der Waals surface area contributed by atoms with Crippen molar-refractivity contribution in [2.24, 2.45) is 16.7 Å². The van der Waals surface area contributed by atoms with Crippen molar-refractivity contribution in [3.63, 3.8) is 0 Å². The Hall–Kier alpha value is -0.0800. The summed E-state index contributed by atoms with van der Waals surface area (Å²) in [5.41, 5.74) is 0.713. The smallest absolute Gasteiger partial charge is 0.0113 e. The Morgan fingerprint density at radius 2 is 1.60 bits per heavy atom. The van der Waals surface area contributed by atoms with E-state index in [1.807, 2.05) is 0 Å². The van der Waals surface area contributed by atoms with Crippen LogP contribution < -0.4 is 5.32 Å². The molecule has 0 aromatic carbocycles. The van der Waals surface area contributed by atoms with Crippen molar-refractivity contribution in [1.82, 2.24) is 10.2 Å². The van der Waals surface area contributed by atoms with Crippen LogP contribution in [-0.4, -0.2) is 37.6 Å². The van der Waals surface area contributed by atoms with Crippen LogP contribution in [0.15, 0.2) is 0 Å². The van der Waals surface area contributed by atoms with E-state index in [1.54, 1.807) is 0 Å². The van der Waals surface area contributed by atoms with Crippen molar-refractivity contribution in [3.05, 3.63) is 0 Å². The van der Waals surface area contributed by atoms with Crippen LogP contribution >= 0.6 is 0 Å². The number of hydrogen-bond donors (Lipinski definition) is 1. The van der Waals surface area contributed by atoms with Gasteiger partial charge in [0.25, 0.3) is 0 Å². The minimum atomic E-state index is 0.341. The highest BCUT2D eigenvalue weighted by Crippen LogP contribution is 2.29. The number of hydrogen-bond acceptors (Lipinski definition) is 2. The van der Waals surface area contributed by atoms with Crippen LogP contribution in [0.4, 0.5) is 0 Å². The molecule has 0 aliphatic heterocycles. The standard InChI is InChI=1S/C18H40N2/c1-10-11-18(8,13-19-12-15(2)3)14-20(9)16(4)17(5,6)7/h15-16,19H,10-14H2,1-9H3. The fourth-order valence-electron chi connectivity index (χ4n) is 2.89. The second-order valence-electron chi connectivity index (χ2n) is 8.54. The van der Waals surface area contributed by atoms with Gasteiger partial charge in [0.15, 0.2) is 0 Å². The molecule has 20 heavy (non-hydrogen) atoms. The molecular weight excluding hydrogens is 244 g/mol. The summed E-state index contributed by atoms with van der Waals surface area (Å²) in [6.07, 6.45) is 2.55. The van der Waals surface area contributed by atoms with Gasteiger partial charge in [0.2, 0.25) is 0 Å². The Kier molecular flexibility index (Phi) is 8.35. The average Bonchev–Trinajstić information content (AvgIpc) is 2.26. The molecule has 0 spiro atoms. The quantitative estimate of drug-likeness (QED) is 0.675. The number of nitrogens with one attached hydrogen (secondary N) is 1. The van der Waals surface area contributed by atoms with Crippen LogP contribution in [-0.2, 0) is 0 Å². The molecule has 0 saturated carbocycles. The SMILES string of the molecule is CCCC(C)(CNCC(C)C)CN(C)C(C)C(C)(C)C. The Labute approximate surface area is 128 Å². The zero-order valence-corrected chi connectivity index (χ0v) is 15.6. The summed E-state index contributed by atoms with van der Waals surface area (Å²) >= 11 is 0. The molecule has 0 aromatic heterocycles. The van der Waals surface area contributed by atoms with Crippen LogP contribution in [0.25, 0.3) is 0 Å². The molecule has 0 saturated heterocycles. The van der Waals surface area contributed by atoms with Gasteiger partial charge in [-0.15, -0.1) is 0 Å². The first-order chi connectivity index (χ1) is 9.02. The lowest BCUT2D eigenvalue weighted by Crippen LogP contribution is -2.47. The van der Waals surface area contributed by atoms with Crippen LogP contribution in [0.2, 0.25) is 0 Å². The molecule has 0 aliphatic rings. The maximum Gasteiger partial charge on any atom is 0.0113 e. The zero-order chi connectivity index (χ0) is 16.0. The molecule has 1 N–H and O–H groups in total. The molecule has 0 bridgehead atoms. The number of rotatable bonds is 9. The van der Waals surface area contributed by atoms with Gasteiger partial charge in [0, 0.05) is 19.1 Å². The third kappa shape index (κ3) is 7.64. The highest BCUT2D eigenvalue weighted by atomic mass is 15.1. The van der Waals surface area contributed by atoms with Gasteiger partial charge in [-0.1, -0.05) is 54.9 Å². The van der Waals surface area contributed by atoms with Crippen molar-refractivity contribution in [2.45, 2.75) is 74.3 Å². The molecule has 0 aromatic rings. The van der Waals surface area contributed by atoms with E-state index in [0.29, 0.717) is 16.9 Å². The van der Waals surface area contributed by atoms with E-state index >= 15 is 0 Å². The van der Waals surface area contributed by atoms with Crippen molar-refractivity contribution in [1.29, 1.82) is 0 Å². The normalized spacial score (nSPS) is 17.6. The third-order valence-corrected chi connectivity index (χ3v) is 4.50. The second kappa shape index (κ2) is 8.38. The first-order valence-electron chi connectivity index (χ1n) is 8.43. The van der Waals surface area contributed by atoms with Gasteiger partial charge in [-0.3, -0.25) is 0 Å². The zero-order valence-electron chi connectivity index (χ0n) is 15.6. The van der Waals surface area contributed by atoms with Crippen molar-refractivity contribution >= 4 is 0 Å². The highest BCUT2D eigenvalue weighted by Gasteiger charge is 2.30. The molecule has 2 heteroatoms. The molecule has 0 radical (unpaired) electrons. The molecule has 0 rings (SSSR count). The molecule has 0 aliphatic carbocycles. The Balaban J connectivity index is 4.57. The molecule has 2 unspecified atom stereocenters. The Morgan fingerprint density at radius 1 is 1.05 bits per heavy atom. The lowest BCUT2D eigenvalue weighted by Gasteiger charge is -2.41. The highest BCUT2D eigenvalue weighted by molar-refractivity contribution is 4.85. The molecular formula is C18H40N2. The van der Waals surface area contributed by atoms with Gasteiger partial charge in [-0.2, -0.15) is 0 Å². The van der Waals surface area contributed by atoms with Crippen LogP contribution in [0.3, 0.4) is 0 Å². The lowest BCUT2D eigenvalue weighted by molar-refractivity contribution is 0.0853. The molecule has 0 fully saturated rings. The topological polar surface area (TPSA) is 15.3 Å². The minimum absolute atomic E-state index is 0.341. The van der Waals surface area contributed by atoms with E-state index < -0.39 is 0 Å². The summed E-state index contributed by atoms with van der Waals surface area (Å²) in [7, 11) is 2.28. The summed E-state index contributed by atoms with van der Waals surface area (Å²) in [6, 6.07) is 0.601. The van der Waals surface area contributed by atoms with E-state index in [9.17, 15) is 0 Å². The summed E-state index contributed by atoms with van der Waals surface area (Å²) in [6.45, 7) is 22.1. The second-order valence-corrected chi connectivity index (χ2v) is 8.54. The lowest BCUT2D eigenvalue weighted by atomic mass is 9.82. The van der Waals surface area contributed by atoms with Gasteiger partial charge >= 0.3 is 0 Å². The minimum Gasteiger partial charge on any atom is -0.316 e. The van der Waals surface area contributed by atoms with Gasteiger partial charge in [0.05, 0.1) is 0 Å². The van der Waals surface area contributed by atoms with E-state index in [1.165, 1.54) is 19.4 Å². The van der Waals surface area contributed by atoms with Crippen LogP contribution in [0.5, 0.6) is 0 Å². The monoisotopic (exact) mass is 284 g/mol. The molecule has 2 nitrogen and oxygen atoms in total. The first kappa shape index (κ1) is 19.9. The molecule has 0 amide bonds. The third-order valence-electron chi connectivity index (χ3n) is 4.50. The fourth-order valence-corrected chi connectivity index (χ4v) is 2.89. The van der Waals surface area contributed by atoms with Gasteiger partial charge in [-0.05, 0) is 43.7 Å². The van der Waals surface area contributed by atoms with Crippen LogP contribution in [0, 0.1) is 16.7 Å². The van der Waals surface area contributed by atoms with Crippen molar-refractivity contribution in [3.8, 4) is 0 Å². The van der Waals surface area contributed by atoms with Crippen molar-refractivity contribution < 1.29 is 0 Å². The maximum absolute atomic E-state index is 3.67. The molecule has 0 heterocycles. The van der Waals surface area contributed by atoms with Gasteiger partial charge in [-0.25, -0.2) is 0 Å². The summed E-state index contributed by atoms with van der Waals surface area (Å²) in [5.74, 6) is 0.729. The summed E-state index contributed by atoms with van der Waals surface area (Å²) in [4.78, 5) is 2.55. The van der Waals surface area contributed by atoms with Crippen molar-refractivity contribution in [2.75, 3.05) is 26.7 Å². The Morgan fingerprint density at radius 3 is 2.00 bits per heavy atom. The van der Waals surface area contributed by atoms with E-state index in [2.05, 4.69) is 72.7 Å². The van der Waals surface area contributed by atoms with Gasteiger partial charge in [0.1, 0.15) is 0 Å². The maximum atomic E-state index is 3.67. The fraction of sp³-hybridized carbons (Fsp3) is 1.00. The largest absolute Gasteiger partial charge is 0.316 e. The first-order valence-corrected chi connectivity index (χ1v) is 8.43. The van der Waals surface area contributed by atoms with E-state index in [0.717, 1.165) is 19.0 Å². The van der Waals surface area contributed by atoms with Crippen LogP contribution in [0.1, 0.15) is 68.2 Å². The molecule has 2 atom stereocenters. The van der Waals surface area contributed by atoms with E-state index in [4.69, 9.17) is 0 Å². The predicted octanol–water partition coefficient (Wildman–Crippen LogP) is 4.40. The molecule has 122 valence electrons. The van der Waals surface area contributed by atoms with E-state index in [-0.39, 0.29) is 0 Å². The Bertz CT molecular complexity index is 255.